The van der Waals surface area contributed by atoms with Crippen molar-refractivity contribution in [1.29, 1.82) is 0 Å². The van der Waals surface area contributed by atoms with Gasteiger partial charge in [0.1, 0.15) is 0 Å². The van der Waals surface area contributed by atoms with Crippen LogP contribution in [-0.4, -0.2) is 65.8 Å². The molecule has 27 heavy (non-hydrogen) atoms. The Balaban J connectivity index is 1.44. The molecule has 2 aromatic rings. The van der Waals surface area contributed by atoms with Crippen LogP contribution in [0.2, 0.25) is 0 Å². The van der Waals surface area contributed by atoms with Crippen molar-refractivity contribution < 1.29 is 8.42 Å². The van der Waals surface area contributed by atoms with E-state index in [-0.39, 0.29) is 17.5 Å². The minimum atomic E-state index is -2.91. The quantitative estimate of drug-likeness (QED) is 0.769. The van der Waals surface area contributed by atoms with E-state index in [4.69, 9.17) is 5.10 Å². The summed E-state index contributed by atoms with van der Waals surface area (Å²) >= 11 is 1.71. The van der Waals surface area contributed by atoms with Crippen molar-refractivity contribution in [3.05, 3.63) is 27.5 Å². The molecule has 4 heterocycles. The Morgan fingerprint density at radius 2 is 1.93 bits per heavy atom. The van der Waals surface area contributed by atoms with Crippen molar-refractivity contribution in [3.63, 3.8) is 0 Å². The van der Waals surface area contributed by atoms with Gasteiger partial charge in [-0.25, -0.2) is 13.4 Å². The van der Waals surface area contributed by atoms with Crippen LogP contribution in [-0.2, 0) is 16.4 Å². The van der Waals surface area contributed by atoms with E-state index in [1.807, 2.05) is 18.5 Å². The number of aromatic nitrogens is 3. The maximum atomic E-state index is 11.8. The molecule has 148 valence electrons. The van der Waals surface area contributed by atoms with Gasteiger partial charge < -0.3 is 4.90 Å². The normalized spacial score (nSPS) is 23.2. The highest BCUT2D eigenvalue weighted by molar-refractivity contribution is 7.91. The molecule has 0 N–H and O–H groups in total. The second-order valence-corrected chi connectivity index (χ2v) is 10.9. The highest BCUT2D eigenvalue weighted by Gasteiger charge is 2.32. The molecule has 0 aromatic carbocycles. The van der Waals surface area contributed by atoms with Crippen LogP contribution in [0.4, 0.5) is 5.69 Å². The van der Waals surface area contributed by atoms with E-state index in [0.29, 0.717) is 6.42 Å². The van der Waals surface area contributed by atoms with Crippen LogP contribution in [0.1, 0.15) is 34.6 Å². The van der Waals surface area contributed by atoms with Crippen molar-refractivity contribution in [2.45, 2.75) is 39.8 Å². The molecule has 2 saturated heterocycles. The Morgan fingerprint density at radius 1 is 1.19 bits per heavy atom. The second kappa shape index (κ2) is 7.18. The third kappa shape index (κ3) is 3.90. The molecule has 0 aliphatic carbocycles. The molecule has 0 saturated carbocycles. The highest BCUT2D eigenvalue weighted by Crippen LogP contribution is 2.31. The summed E-state index contributed by atoms with van der Waals surface area (Å²) in [7, 11) is -2.91. The number of hydrogen-bond acceptors (Lipinski definition) is 7. The van der Waals surface area contributed by atoms with Gasteiger partial charge in [0.25, 0.3) is 0 Å². The van der Waals surface area contributed by atoms with Gasteiger partial charge in [-0.1, -0.05) is 0 Å². The van der Waals surface area contributed by atoms with E-state index in [0.717, 1.165) is 54.8 Å². The van der Waals surface area contributed by atoms with Crippen molar-refractivity contribution >= 4 is 26.9 Å². The fourth-order valence-corrected chi connectivity index (χ4v) is 6.57. The minimum absolute atomic E-state index is 0.0170. The van der Waals surface area contributed by atoms with Crippen molar-refractivity contribution in [2.24, 2.45) is 0 Å². The number of thiazole rings is 1. The van der Waals surface area contributed by atoms with Gasteiger partial charge in [-0.3, -0.25) is 9.58 Å². The number of sulfone groups is 1. The first-order chi connectivity index (χ1) is 12.8. The maximum Gasteiger partial charge on any atom is 0.152 e. The van der Waals surface area contributed by atoms with Crippen LogP contribution in [0, 0.1) is 20.8 Å². The molecule has 0 amide bonds. The predicted octanol–water partition coefficient (Wildman–Crippen LogP) is 1.95. The molecule has 2 aromatic heterocycles. The van der Waals surface area contributed by atoms with Gasteiger partial charge in [0.15, 0.2) is 9.84 Å². The van der Waals surface area contributed by atoms with E-state index in [1.54, 1.807) is 11.3 Å². The molecule has 4 rings (SSSR count). The second-order valence-electron chi connectivity index (χ2n) is 7.64. The Hall–Kier alpha value is -1.45. The molecule has 0 spiro atoms. The Labute approximate surface area is 164 Å². The summed E-state index contributed by atoms with van der Waals surface area (Å²) in [5.74, 6) is 0.495. The van der Waals surface area contributed by atoms with Gasteiger partial charge in [-0.15, -0.1) is 11.3 Å². The average molecular weight is 410 g/mol. The van der Waals surface area contributed by atoms with Gasteiger partial charge in [0, 0.05) is 38.1 Å². The van der Waals surface area contributed by atoms with Gasteiger partial charge in [0.2, 0.25) is 0 Å². The van der Waals surface area contributed by atoms with Crippen LogP contribution in [0.15, 0.2) is 5.38 Å². The SMILES string of the molecule is Cc1nc(CN2CCN(c3c(C)nn(C4CCS(=O)(=O)C4)c3C)CC2)cs1. The molecule has 0 bridgehead atoms. The molecule has 2 aliphatic heterocycles. The zero-order valence-electron chi connectivity index (χ0n) is 16.2. The topological polar surface area (TPSA) is 71.3 Å². The summed E-state index contributed by atoms with van der Waals surface area (Å²) in [6, 6.07) is -0.0170. The highest BCUT2D eigenvalue weighted by atomic mass is 32.2. The average Bonchev–Trinajstić information content (AvgIpc) is 3.27. The van der Waals surface area contributed by atoms with E-state index in [2.05, 4.69) is 27.1 Å². The monoisotopic (exact) mass is 409 g/mol. The lowest BCUT2D eigenvalue weighted by Gasteiger charge is -2.36. The van der Waals surface area contributed by atoms with Crippen LogP contribution in [0.5, 0.6) is 0 Å². The molecule has 2 fully saturated rings. The summed E-state index contributed by atoms with van der Waals surface area (Å²) in [5.41, 5.74) is 4.44. The number of rotatable bonds is 4. The van der Waals surface area contributed by atoms with Gasteiger partial charge in [-0.05, 0) is 27.2 Å². The molecule has 9 heteroatoms. The summed E-state index contributed by atoms with van der Waals surface area (Å²) in [6.45, 7) is 11.0. The van der Waals surface area contributed by atoms with Gasteiger partial charge >= 0.3 is 0 Å². The zero-order valence-corrected chi connectivity index (χ0v) is 17.8. The van der Waals surface area contributed by atoms with Crippen molar-refractivity contribution in [3.8, 4) is 0 Å². The van der Waals surface area contributed by atoms with Gasteiger partial charge in [0.05, 0.1) is 45.3 Å². The zero-order chi connectivity index (χ0) is 19.2. The summed E-state index contributed by atoms with van der Waals surface area (Å²) in [4.78, 5) is 9.42. The molecule has 1 atom stereocenters. The molecule has 1 unspecified atom stereocenters. The smallest absolute Gasteiger partial charge is 0.152 e. The van der Waals surface area contributed by atoms with E-state index < -0.39 is 9.84 Å². The molecule has 0 radical (unpaired) electrons. The number of nitrogens with zero attached hydrogens (tertiary/aromatic N) is 5. The Kier molecular flexibility index (Phi) is 5.02. The first-order valence-electron chi connectivity index (χ1n) is 9.47. The van der Waals surface area contributed by atoms with Crippen LogP contribution in [0.3, 0.4) is 0 Å². The minimum Gasteiger partial charge on any atom is -0.366 e. The number of hydrogen-bond donors (Lipinski definition) is 0. The van der Waals surface area contributed by atoms with Crippen LogP contribution < -0.4 is 4.90 Å². The van der Waals surface area contributed by atoms with E-state index in [1.165, 1.54) is 5.69 Å². The molecular weight excluding hydrogens is 382 g/mol. The van der Waals surface area contributed by atoms with E-state index >= 15 is 0 Å². The number of anilines is 1. The predicted molar refractivity (Wildman–Crippen MR) is 108 cm³/mol. The summed E-state index contributed by atoms with van der Waals surface area (Å²) in [6.07, 6.45) is 0.671. The molecule has 7 nitrogen and oxygen atoms in total. The van der Waals surface area contributed by atoms with Crippen LogP contribution >= 0.6 is 11.3 Å². The lowest BCUT2D eigenvalue weighted by molar-refractivity contribution is 0.247. The van der Waals surface area contributed by atoms with E-state index in [9.17, 15) is 8.42 Å². The first-order valence-corrected chi connectivity index (χ1v) is 12.2. The third-order valence-corrected chi connectivity index (χ3v) is 8.15. The Morgan fingerprint density at radius 3 is 2.52 bits per heavy atom. The lowest BCUT2D eigenvalue weighted by atomic mass is 10.2. The fourth-order valence-electron chi connectivity index (χ4n) is 4.28. The third-order valence-electron chi connectivity index (χ3n) is 5.58. The first kappa shape index (κ1) is 18.9. The summed E-state index contributed by atoms with van der Waals surface area (Å²) < 4.78 is 25.6. The number of piperazine rings is 1. The van der Waals surface area contributed by atoms with Crippen LogP contribution in [0.25, 0.3) is 0 Å². The lowest BCUT2D eigenvalue weighted by Crippen LogP contribution is -2.46. The molecule has 2 aliphatic rings. The largest absolute Gasteiger partial charge is 0.366 e. The fraction of sp³-hybridized carbons (Fsp3) is 0.667. The van der Waals surface area contributed by atoms with Crippen molar-refractivity contribution in [1.82, 2.24) is 19.7 Å². The molecular formula is C18H27N5O2S2. The number of aryl methyl sites for hydroxylation is 2. The Bertz CT molecular complexity index is 926. The standard InChI is InChI=1S/C18H27N5O2S2/c1-13-18(14(2)23(20-13)17-4-9-27(24,25)12-17)22-7-5-21(6-8-22)10-16-11-26-15(3)19-16/h11,17H,4-10,12H2,1-3H3. The maximum absolute atomic E-state index is 11.8. The summed E-state index contributed by atoms with van der Waals surface area (Å²) in [5, 5.41) is 7.98. The van der Waals surface area contributed by atoms with Gasteiger partial charge in [-0.2, -0.15) is 5.10 Å². The van der Waals surface area contributed by atoms with Crippen molar-refractivity contribution in [2.75, 3.05) is 42.6 Å².